The van der Waals surface area contributed by atoms with Crippen molar-refractivity contribution in [3.8, 4) is 11.5 Å². The minimum Gasteiger partial charge on any atom is -0.309 e. The van der Waals surface area contributed by atoms with Crippen LogP contribution in [0.5, 0.6) is 0 Å². The summed E-state index contributed by atoms with van der Waals surface area (Å²) in [5.74, 6) is 0.902. The lowest BCUT2D eigenvalue weighted by molar-refractivity contribution is 1.07. The third-order valence-electron chi connectivity index (χ3n) is 6.41. The third kappa shape index (κ3) is 2.65. The second kappa shape index (κ2) is 7.06. The summed E-state index contributed by atoms with van der Waals surface area (Å²) < 4.78 is 5.49. The van der Waals surface area contributed by atoms with Crippen molar-refractivity contribution in [1.82, 2.24) is 14.1 Å². The van der Waals surface area contributed by atoms with Gasteiger partial charge in [0, 0.05) is 27.2 Å². The Morgan fingerprint density at radius 1 is 0.515 bits per heavy atom. The van der Waals surface area contributed by atoms with Crippen LogP contribution < -0.4 is 0 Å². The molecule has 7 aromatic rings. The molecule has 0 N–H and O–H groups in total. The van der Waals surface area contributed by atoms with Gasteiger partial charge in [-0.05, 0) is 58.4 Å². The molecule has 33 heavy (non-hydrogen) atoms. The lowest BCUT2D eigenvalue weighted by atomic mass is 10.1. The lowest BCUT2D eigenvalue weighted by Crippen LogP contribution is -1.98. The molecular weight excluding hydrogens is 470 g/mol. The highest BCUT2D eigenvalue weighted by atomic mass is 79.9. The molecule has 3 nitrogen and oxygen atoms in total. The van der Waals surface area contributed by atoms with Crippen molar-refractivity contribution >= 4 is 59.5 Å². The molecule has 0 fully saturated rings. The van der Waals surface area contributed by atoms with Crippen LogP contribution in [-0.4, -0.2) is 14.1 Å². The van der Waals surface area contributed by atoms with E-state index in [0.29, 0.717) is 0 Å². The van der Waals surface area contributed by atoms with Gasteiger partial charge in [-0.1, -0.05) is 66.7 Å². The van der Waals surface area contributed by atoms with Gasteiger partial charge >= 0.3 is 0 Å². The van der Waals surface area contributed by atoms with Crippen LogP contribution in [0.25, 0.3) is 55.1 Å². The van der Waals surface area contributed by atoms with E-state index >= 15 is 0 Å². The normalized spacial score (nSPS) is 11.8. The van der Waals surface area contributed by atoms with Gasteiger partial charge in [0.1, 0.15) is 10.4 Å². The monoisotopic (exact) mass is 487 g/mol. The van der Waals surface area contributed by atoms with E-state index in [-0.39, 0.29) is 0 Å². The van der Waals surface area contributed by atoms with Crippen LogP contribution in [0.2, 0.25) is 0 Å². The van der Waals surface area contributed by atoms with E-state index in [2.05, 4.69) is 122 Å². The Bertz CT molecular complexity index is 1830. The van der Waals surface area contributed by atoms with Crippen molar-refractivity contribution in [3.05, 3.63) is 114 Å². The number of para-hydroxylation sites is 3. The zero-order valence-electron chi connectivity index (χ0n) is 17.6. The zero-order valence-corrected chi connectivity index (χ0v) is 19.2. The van der Waals surface area contributed by atoms with E-state index in [9.17, 15) is 0 Å². The number of nitrogens with zero attached hydrogens (tertiary/aromatic N) is 3. The molecule has 0 radical (unpaired) electrons. The zero-order chi connectivity index (χ0) is 21.9. The second-order valence-corrected chi connectivity index (χ2v) is 9.03. The summed E-state index contributed by atoms with van der Waals surface area (Å²) in [4.78, 5) is 4.84. The Hall–Kier alpha value is -3.89. The van der Waals surface area contributed by atoms with Crippen molar-refractivity contribution in [3.63, 3.8) is 0 Å². The van der Waals surface area contributed by atoms with E-state index < -0.39 is 0 Å². The van der Waals surface area contributed by atoms with Crippen LogP contribution in [0.15, 0.2) is 114 Å². The highest BCUT2D eigenvalue weighted by molar-refractivity contribution is 9.10. The topological polar surface area (TPSA) is 22.8 Å². The molecule has 0 aliphatic rings. The predicted octanol–water partition coefficient (Wildman–Crippen LogP) is 8.04. The first-order chi connectivity index (χ1) is 16.3. The van der Waals surface area contributed by atoms with Gasteiger partial charge in [0.2, 0.25) is 0 Å². The van der Waals surface area contributed by atoms with Crippen molar-refractivity contribution in [2.24, 2.45) is 0 Å². The van der Waals surface area contributed by atoms with Gasteiger partial charge in [0.05, 0.1) is 22.1 Å². The minimum absolute atomic E-state index is 0.824. The lowest BCUT2D eigenvalue weighted by Gasteiger charge is -2.09. The molecule has 0 unspecified atom stereocenters. The van der Waals surface area contributed by atoms with Crippen LogP contribution in [0.3, 0.4) is 0 Å². The number of fused-ring (bicyclic) bond motifs is 7. The first-order valence-corrected chi connectivity index (χ1v) is 11.7. The van der Waals surface area contributed by atoms with Gasteiger partial charge in [-0.3, -0.25) is 4.57 Å². The molecule has 0 amide bonds. The standard InChI is InChI=1S/C29H18BrN3/c30-26-15-8-16-27(31-26)33-23-13-6-4-11-20(23)21-17-18-25-28(29(21)33)22-12-5-7-14-24(22)32(25)19-9-2-1-3-10-19/h1-18H. The molecule has 156 valence electrons. The van der Waals surface area contributed by atoms with E-state index in [0.717, 1.165) is 21.6 Å². The Balaban J connectivity index is 1.76. The van der Waals surface area contributed by atoms with Crippen molar-refractivity contribution in [2.45, 2.75) is 0 Å². The number of halogens is 1. The van der Waals surface area contributed by atoms with Gasteiger partial charge in [-0.25, -0.2) is 4.98 Å². The smallest absolute Gasteiger partial charge is 0.138 e. The number of hydrogen-bond acceptors (Lipinski definition) is 1. The maximum Gasteiger partial charge on any atom is 0.138 e. The molecule has 0 aliphatic carbocycles. The highest BCUT2D eigenvalue weighted by Crippen LogP contribution is 2.41. The van der Waals surface area contributed by atoms with Crippen LogP contribution >= 0.6 is 15.9 Å². The summed E-state index contributed by atoms with van der Waals surface area (Å²) in [5.41, 5.74) is 5.89. The number of pyridine rings is 1. The molecule has 0 bridgehead atoms. The van der Waals surface area contributed by atoms with E-state index in [4.69, 9.17) is 4.98 Å². The Kier molecular flexibility index (Phi) is 3.99. The fourth-order valence-electron chi connectivity index (χ4n) is 5.12. The summed E-state index contributed by atoms with van der Waals surface area (Å²) in [7, 11) is 0. The summed E-state index contributed by atoms with van der Waals surface area (Å²) in [5, 5.41) is 4.94. The van der Waals surface area contributed by atoms with E-state index in [1.54, 1.807) is 0 Å². The minimum atomic E-state index is 0.824. The van der Waals surface area contributed by atoms with Gasteiger partial charge in [-0.2, -0.15) is 0 Å². The SMILES string of the molecule is Brc1cccc(-n2c3ccccc3c3ccc4c(c5ccccc5n4-c4ccccc4)c32)n1. The number of benzene rings is 4. The van der Waals surface area contributed by atoms with Crippen LogP contribution in [0.4, 0.5) is 0 Å². The Morgan fingerprint density at radius 2 is 1.21 bits per heavy atom. The summed E-state index contributed by atoms with van der Waals surface area (Å²) in [6.45, 7) is 0. The van der Waals surface area contributed by atoms with Gasteiger partial charge in [0.25, 0.3) is 0 Å². The number of aromatic nitrogens is 3. The largest absolute Gasteiger partial charge is 0.309 e. The molecule has 3 aromatic heterocycles. The van der Waals surface area contributed by atoms with Crippen LogP contribution in [0, 0.1) is 0 Å². The fraction of sp³-hybridized carbons (Fsp3) is 0. The maximum absolute atomic E-state index is 4.84. The molecular formula is C29H18BrN3. The molecule has 7 rings (SSSR count). The molecule has 4 heteroatoms. The summed E-state index contributed by atoms with van der Waals surface area (Å²) in [6, 6.07) is 38.5. The van der Waals surface area contributed by atoms with Crippen molar-refractivity contribution < 1.29 is 0 Å². The average Bonchev–Trinajstić information content (AvgIpc) is 3.37. The van der Waals surface area contributed by atoms with Crippen molar-refractivity contribution in [1.29, 1.82) is 0 Å². The van der Waals surface area contributed by atoms with Crippen LogP contribution in [0.1, 0.15) is 0 Å². The van der Waals surface area contributed by atoms with E-state index in [1.807, 2.05) is 12.1 Å². The molecule has 0 atom stereocenters. The van der Waals surface area contributed by atoms with Gasteiger partial charge in [0.15, 0.2) is 0 Å². The third-order valence-corrected chi connectivity index (χ3v) is 6.86. The Morgan fingerprint density at radius 3 is 2.00 bits per heavy atom. The van der Waals surface area contributed by atoms with Crippen LogP contribution in [-0.2, 0) is 0 Å². The molecule has 0 saturated carbocycles. The molecule has 0 saturated heterocycles. The highest BCUT2D eigenvalue weighted by Gasteiger charge is 2.20. The average molecular weight is 488 g/mol. The first-order valence-electron chi connectivity index (χ1n) is 10.9. The molecule has 0 spiro atoms. The predicted molar refractivity (Wildman–Crippen MR) is 141 cm³/mol. The second-order valence-electron chi connectivity index (χ2n) is 8.22. The maximum atomic E-state index is 4.84. The van der Waals surface area contributed by atoms with Crippen molar-refractivity contribution in [2.75, 3.05) is 0 Å². The molecule has 3 heterocycles. The first kappa shape index (κ1) is 18.7. The summed E-state index contributed by atoms with van der Waals surface area (Å²) in [6.07, 6.45) is 0. The Labute approximate surface area is 198 Å². The fourth-order valence-corrected chi connectivity index (χ4v) is 5.46. The summed E-state index contributed by atoms with van der Waals surface area (Å²) >= 11 is 3.57. The molecule has 0 aliphatic heterocycles. The quantitative estimate of drug-likeness (QED) is 0.226. The number of rotatable bonds is 2. The van der Waals surface area contributed by atoms with Gasteiger partial charge in [-0.15, -0.1) is 0 Å². The molecule has 4 aromatic carbocycles. The number of hydrogen-bond donors (Lipinski definition) is 0. The van der Waals surface area contributed by atoms with Gasteiger partial charge < -0.3 is 4.57 Å². The van der Waals surface area contributed by atoms with E-state index in [1.165, 1.54) is 38.1 Å².